The summed E-state index contributed by atoms with van der Waals surface area (Å²) >= 11 is 2.94. The van der Waals surface area contributed by atoms with E-state index < -0.39 is 0 Å². The zero-order valence-corrected chi connectivity index (χ0v) is 24.2. The highest BCUT2D eigenvalue weighted by Crippen LogP contribution is 2.43. The highest BCUT2D eigenvalue weighted by atomic mass is 32.2. The SMILES string of the molecule is Cc1ccccc1NC(=O)CSc1nnc2c3sc4nc(N5CCOCC5)c5c(c4c3ncn12)CC(C)(C)OC5. The van der Waals surface area contributed by atoms with Gasteiger partial charge in [-0.1, -0.05) is 30.0 Å². The molecule has 40 heavy (non-hydrogen) atoms. The van der Waals surface area contributed by atoms with E-state index in [2.05, 4.69) is 34.3 Å². The number of thiophene rings is 1. The molecule has 2 aliphatic heterocycles. The van der Waals surface area contributed by atoms with E-state index in [1.54, 1.807) is 17.7 Å². The summed E-state index contributed by atoms with van der Waals surface area (Å²) in [6, 6.07) is 7.73. The van der Waals surface area contributed by atoms with Crippen molar-refractivity contribution in [1.82, 2.24) is 24.6 Å². The van der Waals surface area contributed by atoms with E-state index in [-0.39, 0.29) is 17.3 Å². The second kappa shape index (κ2) is 9.95. The van der Waals surface area contributed by atoms with Crippen LogP contribution in [-0.4, -0.2) is 68.1 Å². The van der Waals surface area contributed by atoms with Crippen molar-refractivity contribution in [2.75, 3.05) is 42.3 Å². The van der Waals surface area contributed by atoms with Crippen LogP contribution in [0.25, 0.3) is 26.1 Å². The molecule has 6 heterocycles. The van der Waals surface area contributed by atoms with Crippen LogP contribution in [0.15, 0.2) is 35.7 Å². The predicted octanol–water partition coefficient (Wildman–Crippen LogP) is 4.61. The summed E-state index contributed by atoms with van der Waals surface area (Å²) < 4.78 is 14.7. The molecular formula is C28H29N7O3S2. The number of amides is 1. The van der Waals surface area contributed by atoms with E-state index in [0.717, 1.165) is 68.2 Å². The number of benzene rings is 1. The Bertz CT molecular complexity index is 1770. The first-order valence-electron chi connectivity index (χ1n) is 13.3. The maximum Gasteiger partial charge on any atom is 0.234 e. The average Bonchev–Trinajstić information content (AvgIpc) is 3.54. The lowest BCUT2D eigenvalue weighted by atomic mass is 9.90. The van der Waals surface area contributed by atoms with Gasteiger partial charge in [-0.25, -0.2) is 9.97 Å². The molecule has 0 aliphatic carbocycles. The lowest BCUT2D eigenvalue weighted by Crippen LogP contribution is -2.39. The Balaban J connectivity index is 1.26. The summed E-state index contributed by atoms with van der Waals surface area (Å²) in [6.07, 6.45) is 2.54. The molecule has 10 nitrogen and oxygen atoms in total. The van der Waals surface area contributed by atoms with Gasteiger partial charge in [0.1, 0.15) is 21.7 Å². The van der Waals surface area contributed by atoms with Gasteiger partial charge >= 0.3 is 0 Å². The van der Waals surface area contributed by atoms with Gasteiger partial charge in [0, 0.05) is 36.1 Å². The lowest BCUT2D eigenvalue weighted by Gasteiger charge is -2.36. The fourth-order valence-electron chi connectivity index (χ4n) is 5.39. The molecule has 7 rings (SSSR count). The molecule has 1 aromatic carbocycles. The van der Waals surface area contributed by atoms with E-state index in [0.29, 0.717) is 25.0 Å². The molecule has 1 fully saturated rings. The van der Waals surface area contributed by atoms with Crippen LogP contribution in [0.5, 0.6) is 0 Å². The monoisotopic (exact) mass is 575 g/mol. The molecule has 1 saturated heterocycles. The Morgan fingerprint density at radius 3 is 2.83 bits per heavy atom. The van der Waals surface area contributed by atoms with Crippen LogP contribution in [0, 0.1) is 6.92 Å². The molecule has 0 atom stereocenters. The maximum absolute atomic E-state index is 12.6. The third-order valence-electron chi connectivity index (χ3n) is 7.45. The number of morpholine rings is 1. The number of rotatable bonds is 5. The van der Waals surface area contributed by atoms with E-state index >= 15 is 0 Å². The van der Waals surface area contributed by atoms with Gasteiger partial charge in [-0.3, -0.25) is 9.20 Å². The van der Waals surface area contributed by atoms with Crippen molar-refractivity contribution < 1.29 is 14.3 Å². The third-order valence-corrected chi connectivity index (χ3v) is 9.46. The first-order chi connectivity index (χ1) is 19.4. The Morgan fingerprint density at radius 2 is 2.00 bits per heavy atom. The van der Waals surface area contributed by atoms with Crippen molar-refractivity contribution in [1.29, 1.82) is 0 Å². The molecule has 0 unspecified atom stereocenters. The molecule has 12 heteroatoms. The number of ether oxygens (including phenoxy) is 2. The van der Waals surface area contributed by atoms with E-state index in [1.807, 2.05) is 35.6 Å². The van der Waals surface area contributed by atoms with Gasteiger partial charge < -0.3 is 19.7 Å². The second-order valence-corrected chi connectivity index (χ2v) is 12.7. The zero-order valence-electron chi connectivity index (χ0n) is 22.6. The van der Waals surface area contributed by atoms with Crippen LogP contribution >= 0.6 is 23.1 Å². The van der Waals surface area contributed by atoms with Crippen molar-refractivity contribution in [3.63, 3.8) is 0 Å². The van der Waals surface area contributed by atoms with Crippen molar-refractivity contribution in [3.8, 4) is 0 Å². The van der Waals surface area contributed by atoms with Crippen LogP contribution in [0.3, 0.4) is 0 Å². The largest absolute Gasteiger partial charge is 0.378 e. The summed E-state index contributed by atoms with van der Waals surface area (Å²) in [5.74, 6) is 1.11. The quantitative estimate of drug-likeness (QED) is 0.301. The van der Waals surface area contributed by atoms with Crippen molar-refractivity contribution in [2.45, 2.75) is 44.6 Å². The molecule has 4 aromatic heterocycles. The Labute approximate surface area is 239 Å². The van der Waals surface area contributed by atoms with Crippen molar-refractivity contribution in [2.24, 2.45) is 0 Å². The summed E-state index contributed by atoms with van der Waals surface area (Å²) in [5, 5.41) is 13.6. The highest BCUT2D eigenvalue weighted by Gasteiger charge is 2.33. The van der Waals surface area contributed by atoms with Crippen molar-refractivity contribution >= 4 is 66.6 Å². The minimum atomic E-state index is -0.278. The minimum Gasteiger partial charge on any atom is -0.378 e. The number of fused-ring (bicyclic) bond motifs is 7. The number of thioether (sulfide) groups is 1. The maximum atomic E-state index is 12.6. The summed E-state index contributed by atoms with van der Waals surface area (Å²) in [6.45, 7) is 9.77. The molecule has 2 aliphatic rings. The molecule has 5 aromatic rings. The topological polar surface area (TPSA) is 107 Å². The van der Waals surface area contributed by atoms with E-state index in [9.17, 15) is 4.79 Å². The fraction of sp³-hybridized carbons (Fsp3) is 0.393. The van der Waals surface area contributed by atoms with Gasteiger partial charge in [-0.15, -0.1) is 21.5 Å². The normalized spacial score (nSPS) is 17.0. The average molecular weight is 576 g/mol. The molecule has 0 radical (unpaired) electrons. The van der Waals surface area contributed by atoms with Gasteiger partial charge in [-0.05, 0) is 38.0 Å². The van der Waals surface area contributed by atoms with Gasteiger partial charge in [0.2, 0.25) is 5.91 Å². The standard InChI is InChI=1S/C28H29N7O3S2/c1-16-6-4-5-7-19(16)30-20(36)14-39-27-33-32-25-23-22(29-15-35(25)27)21-17-12-28(2,3)38-13-18(17)24(31-26(21)40-23)34-8-10-37-11-9-34/h4-7,15H,8-14H2,1-3H3,(H,30,36). The van der Waals surface area contributed by atoms with E-state index in [4.69, 9.17) is 19.4 Å². The number of carbonyl (C=O) groups excluding carboxylic acids is 1. The van der Waals surface area contributed by atoms with Gasteiger partial charge in [0.25, 0.3) is 0 Å². The van der Waals surface area contributed by atoms with Crippen LogP contribution in [-0.2, 0) is 27.3 Å². The first-order valence-corrected chi connectivity index (χ1v) is 15.1. The number of aromatic nitrogens is 5. The van der Waals surface area contributed by atoms with Gasteiger partial charge in [0.05, 0.1) is 36.7 Å². The van der Waals surface area contributed by atoms with Crippen LogP contribution in [0.2, 0.25) is 0 Å². The van der Waals surface area contributed by atoms with E-state index in [1.165, 1.54) is 17.3 Å². The number of hydrogen-bond acceptors (Lipinski definition) is 10. The van der Waals surface area contributed by atoms with Crippen molar-refractivity contribution in [3.05, 3.63) is 47.3 Å². The second-order valence-electron chi connectivity index (χ2n) is 10.7. The minimum absolute atomic E-state index is 0.0942. The zero-order chi connectivity index (χ0) is 27.4. The smallest absolute Gasteiger partial charge is 0.234 e. The lowest BCUT2D eigenvalue weighted by molar-refractivity contribution is -0.113. The number of carbonyl (C=O) groups is 1. The summed E-state index contributed by atoms with van der Waals surface area (Å²) in [7, 11) is 0. The number of anilines is 2. The summed E-state index contributed by atoms with van der Waals surface area (Å²) in [5.41, 5.74) is 5.58. The van der Waals surface area contributed by atoms with Crippen LogP contribution < -0.4 is 10.2 Å². The summed E-state index contributed by atoms with van der Waals surface area (Å²) in [4.78, 5) is 26.0. The molecule has 0 saturated carbocycles. The highest BCUT2D eigenvalue weighted by molar-refractivity contribution is 7.99. The number of aryl methyl sites for hydroxylation is 1. The Kier molecular flexibility index (Phi) is 6.38. The molecule has 1 N–H and O–H groups in total. The molecule has 0 spiro atoms. The number of nitrogens with one attached hydrogen (secondary N) is 1. The number of pyridine rings is 1. The molecule has 206 valence electrons. The van der Waals surface area contributed by atoms with Gasteiger partial charge in [0.15, 0.2) is 10.8 Å². The fourth-order valence-corrected chi connectivity index (χ4v) is 7.23. The molecular weight excluding hydrogens is 546 g/mol. The van der Waals surface area contributed by atoms with Gasteiger partial charge in [-0.2, -0.15) is 0 Å². The first kappa shape index (κ1) is 25.6. The Morgan fingerprint density at radius 1 is 1.18 bits per heavy atom. The Hall–Kier alpha value is -3.32. The number of nitrogens with zero attached hydrogens (tertiary/aromatic N) is 6. The predicted molar refractivity (Wildman–Crippen MR) is 158 cm³/mol. The number of hydrogen-bond donors (Lipinski definition) is 1. The third kappa shape index (κ3) is 4.48. The van der Waals surface area contributed by atoms with Crippen LogP contribution in [0.4, 0.5) is 11.5 Å². The molecule has 1 amide bonds. The number of para-hydroxylation sites is 1. The van der Waals surface area contributed by atoms with Crippen LogP contribution in [0.1, 0.15) is 30.5 Å². The molecule has 0 bridgehead atoms.